The van der Waals surface area contributed by atoms with Gasteiger partial charge in [-0.25, -0.2) is 4.39 Å². The molecule has 132 valence electrons. The molecule has 0 spiro atoms. The lowest BCUT2D eigenvalue weighted by atomic mass is 10.0. The van der Waals surface area contributed by atoms with Crippen LogP contribution in [0.3, 0.4) is 0 Å². The molecule has 1 aliphatic heterocycles. The molecule has 0 radical (unpaired) electrons. The molecule has 0 bridgehead atoms. The summed E-state index contributed by atoms with van der Waals surface area (Å²) >= 11 is 5.97. The highest BCUT2D eigenvalue weighted by Crippen LogP contribution is 2.31. The number of aryl methyl sites for hydroxylation is 1. The summed E-state index contributed by atoms with van der Waals surface area (Å²) in [6.45, 7) is 5.52. The Morgan fingerprint density at radius 1 is 1.15 bits per heavy atom. The largest absolute Gasteiger partial charge is 0.350 e. The lowest BCUT2D eigenvalue weighted by molar-refractivity contribution is -0.136. The highest BCUT2D eigenvalue weighted by Gasteiger charge is 2.38. The maximum atomic E-state index is 13.3. The summed E-state index contributed by atoms with van der Waals surface area (Å²) in [5, 5.41) is 3.62. The van der Waals surface area contributed by atoms with Gasteiger partial charge in [0.2, 0.25) is 0 Å². The first-order valence-corrected chi connectivity index (χ1v) is 8.30. The fourth-order valence-corrected chi connectivity index (χ4v) is 3.00. The van der Waals surface area contributed by atoms with Crippen molar-refractivity contribution in [3.63, 3.8) is 0 Å². The van der Waals surface area contributed by atoms with E-state index >= 15 is 0 Å². The van der Waals surface area contributed by atoms with Crippen LogP contribution in [-0.2, 0) is 9.59 Å². The molecule has 2 aromatic rings. The Hall–Kier alpha value is -2.92. The Morgan fingerprint density at radius 3 is 2.46 bits per heavy atom. The molecule has 1 aliphatic rings. The summed E-state index contributed by atoms with van der Waals surface area (Å²) in [5.74, 6) is -1.32. The van der Waals surface area contributed by atoms with E-state index in [4.69, 9.17) is 11.6 Å². The second-order valence-electron chi connectivity index (χ2n) is 5.85. The third-order valence-corrected chi connectivity index (χ3v) is 4.30. The molecule has 26 heavy (non-hydrogen) atoms. The predicted octanol–water partition coefficient (Wildman–Crippen LogP) is 4.17. The average Bonchev–Trinajstić information content (AvgIpc) is 2.83. The van der Waals surface area contributed by atoms with E-state index in [1.807, 2.05) is 6.92 Å². The molecule has 0 atom stereocenters. The maximum Gasteiger partial charge on any atom is 0.278 e. The zero-order valence-electron chi connectivity index (χ0n) is 14.1. The Balaban J connectivity index is 2.10. The van der Waals surface area contributed by atoms with Crippen LogP contribution < -0.4 is 5.32 Å². The van der Waals surface area contributed by atoms with Crippen molar-refractivity contribution >= 4 is 34.7 Å². The van der Waals surface area contributed by atoms with Crippen LogP contribution in [0.25, 0.3) is 5.57 Å². The van der Waals surface area contributed by atoms with Crippen molar-refractivity contribution in [2.75, 3.05) is 11.9 Å². The molecule has 2 aromatic carbocycles. The van der Waals surface area contributed by atoms with Gasteiger partial charge in [-0.05, 0) is 48.4 Å². The first kappa shape index (κ1) is 17.9. The van der Waals surface area contributed by atoms with Crippen LogP contribution in [0.15, 0.2) is 60.8 Å². The number of rotatable bonds is 5. The van der Waals surface area contributed by atoms with Gasteiger partial charge in [-0.1, -0.05) is 29.8 Å². The normalized spacial score (nSPS) is 14.2. The first-order chi connectivity index (χ1) is 12.4. The second-order valence-corrected chi connectivity index (χ2v) is 6.29. The molecule has 3 rings (SSSR count). The summed E-state index contributed by atoms with van der Waals surface area (Å²) < 4.78 is 13.3. The molecule has 0 saturated carbocycles. The van der Waals surface area contributed by atoms with E-state index in [1.165, 1.54) is 30.3 Å². The molecular weight excluding hydrogens is 355 g/mol. The molecular formula is C20H16ClFN2O2. The van der Waals surface area contributed by atoms with Crippen molar-refractivity contribution < 1.29 is 14.0 Å². The molecule has 6 heteroatoms. The average molecular weight is 371 g/mol. The topological polar surface area (TPSA) is 49.4 Å². The minimum absolute atomic E-state index is 0.0904. The number of amides is 2. The van der Waals surface area contributed by atoms with Crippen LogP contribution in [0.4, 0.5) is 10.1 Å². The van der Waals surface area contributed by atoms with E-state index in [9.17, 15) is 14.0 Å². The second kappa shape index (κ2) is 7.14. The van der Waals surface area contributed by atoms with Gasteiger partial charge in [-0.15, -0.1) is 6.58 Å². The standard InChI is InChI=1S/C20H16ClFN2O2/c1-3-10-24-19(25)17(13-4-7-15(22)8-5-13)18(20(24)26)23-16-9-6-14(21)11-12(16)2/h3-9,11,23H,1,10H2,2H3. The number of imide groups is 1. The smallest absolute Gasteiger partial charge is 0.278 e. The van der Waals surface area contributed by atoms with E-state index in [-0.39, 0.29) is 17.8 Å². The van der Waals surface area contributed by atoms with Crippen molar-refractivity contribution in [3.05, 3.63) is 82.8 Å². The molecule has 0 aromatic heterocycles. The minimum Gasteiger partial charge on any atom is -0.350 e. The number of halogens is 2. The third kappa shape index (κ3) is 3.26. The van der Waals surface area contributed by atoms with Crippen LogP contribution in [0.5, 0.6) is 0 Å². The van der Waals surface area contributed by atoms with Crippen molar-refractivity contribution in [1.29, 1.82) is 0 Å². The molecule has 1 heterocycles. The van der Waals surface area contributed by atoms with Crippen LogP contribution in [0.2, 0.25) is 5.02 Å². The van der Waals surface area contributed by atoms with E-state index < -0.39 is 17.6 Å². The SMILES string of the molecule is C=CCN1C(=O)C(Nc2ccc(Cl)cc2C)=C(c2ccc(F)cc2)C1=O. The fourth-order valence-electron chi connectivity index (χ4n) is 2.77. The summed E-state index contributed by atoms with van der Waals surface area (Å²) in [6, 6.07) is 10.6. The first-order valence-electron chi connectivity index (χ1n) is 7.93. The maximum absolute atomic E-state index is 13.3. The lowest BCUT2D eigenvalue weighted by Gasteiger charge is -2.13. The van der Waals surface area contributed by atoms with E-state index in [0.717, 1.165) is 10.5 Å². The fraction of sp³-hybridized carbons (Fsp3) is 0.100. The predicted molar refractivity (Wildman–Crippen MR) is 100 cm³/mol. The van der Waals surface area contributed by atoms with Gasteiger partial charge in [0.15, 0.2) is 0 Å². The van der Waals surface area contributed by atoms with Gasteiger partial charge < -0.3 is 5.32 Å². The highest BCUT2D eigenvalue weighted by molar-refractivity contribution is 6.36. The molecule has 1 N–H and O–H groups in total. The van der Waals surface area contributed by atoms with E-state index in [0.29, 0.717) is 16.3 Å². The van der Waals surface area contributed by atoms with Crippen LogP contribution in [-0.4, -0.2) is 23.3 Å². The summed E-state index contributed by atoms with van der Waals surface area (Å²) in [7, 11) is 0. The molecule has 0 fully saturated rings. The number of anilines is 1. The van der Waals surface area contributed by atoms with E-state index in [2.05, 4.69) is 11.9 Å². The van der Waals surface area contributed by atoms with Crippen molar-refractivity contribution in [2.24, 2.45) is 0 Å². The van der Waals surface area contributed by atoms with Gasteiger partial charge in [0.05, 0.1) is 5.57 Å². The number of benzene rings is 2. The number of nitrogens with zero attached hydrogens (tertiary/aromatic N) is 1. The zero-order valence-corrected chi connectivity index (χ0v) is 14.8. The molecule has 0 aliphatic carbocycles. The van der Waals surface area contributed by atoms with Crippen molar-refractivity contribution in [1.82, 2.24) is 4.90 Å². The third-order valence-electron chi connectivity index (χ3n) is 4.06. The van der Waals surface area contributed by atoms with Crippen LogP contribution in [0, 0.1) is 12.7 Å². The molecule has 0 unspecified atom stereocenters. The van der Waals surface area contributed by atoms with Crippen LogP contribution >= 0.6 is 11.6 Å². The van der Waals surface area contributed by atoms with Gasteiger partial charge >= 0.3 is 0 Å². The number of carbonyl (C=O) groups excluding carboxylic acids is 2. The van der Waals surface area contributed by atoms with Gasteiger partial charge in [0.1, 0.15) is 11.5 Å². The zero-order chi connectivity index (χ0) is 18.8. The highest BCUT2D eigenvalue weighted by atomic mass is 35.5. The molecule has 0 saturated heterocycles. The molecule has 2 amide bonds. The quantitative estimate of drug-likeness (QED) is 0.635. The summed E-state index contributed by atoms with van der Waals surface area (Å²) in [4.78, 5) is 26.6. The van der Waals surface area contributed by atoms with Gasteiger partial charge in [0, 0.05) is 17.3 Å². The summed E-state index contributed by atoms with van der Waals surface area (Å²) in [5.41, 5.74) is 2.29. The van der Waals surface area contributed by atoms with Crippen LogP contribution in [0.1, 0.15) is 11.1 Å². The Morgan fingerprint density at radius 2 is 1.85 bits per heavy atom. The number of carbonyl (C=O) groups is 2. The van der Waals surface area contributed by atoms with Gasteiger partial charge in [0.25, 0.3) is 11.8 Å². The minimum atomic E-state index is -0.455. The molecule has 4 nitrogen and oxygen atoms in total. The van der Waals surface area contributed by atoms with Gasteiger partial charge in [-0.2, -0.15) is 0 Å². The summed E-state index contributed by atoms with van der Waals surface area (Å²) in [6.07, 6.45) is 1.48. The Kier molecular flexibility index (Phi) is 4.91. The number of hydrogen-bond donors (Lipinski definition) is 1. The van der Waals surface area contributed by atoms with Crippen molar-refractivity contribution in [3.8, 4) is 0 Å². The van der Waals surface area contributed by atoms with Gasteiger partial charge in [-0.3, -0.25) is 14.5 Å². The Bertz CT molecular complexity index is 935. The lowest BCUT2D eigenvalue weighted by Crippen LogP contribution is -2.32. The Labute approximate surface area is 155 Å². The van der Waals surface area contributed by atoms with E-state index in [1.54, 1.807) is 18.2 Å². The monoisotopic (exact) mass is 370 g/mol. The number of nitrogens with one attached hydrogen (secondary N) is 1. The van der Waals surface area contributed by atoms with Crippen molar-refractivity contribution in [2.45, 2.75) is 6.92 Å². The number of hydrogen-bond acceptors (Lipinski definition) is 3.